The van der Waals surface area contributed by atoms with E-state index < -0.39 is 5.25 Å². The van der Waals surface area contributed by atoms with E-state index in [0.29, 0.717) is 26.7 Å². The summed E-state index contributed by atoms with van der Waals surface area (Å²) in [4.78, 5) is 38.7. The van der Waals surface area contributed by atoms with E-state index in [0.717, 1.165) is 0 Å². The second kappa shape index (κ2) is 8.33. The summed E-state index contributed by atoms with van der Waals surface area (Å²) in [6.07, 6.45) is 1.61. The zero-order valence-corrected chi connectivity index (χ0v) is 16.8. The van der Waals surface area contributed by atoms with Gasteiger partial charge >= 0.3 is 0 Å². The van der Waals surface area contributed by atoms with Crippen LogP contribution in [0.15, 0.2) is 50.5 Å². The standard InChI is InChI=1S/C17H14N4O4S3/c22-11(12-4-2-6-26-12)7-13-15(24)21(8-10-3-1-5-25-10)17(28-13)20-19-16-18-14(23)9-27-16/h1-6,13H,7-9H2,(H,18,19,23)/b20-17-. The largest absolute Gasteiger partial charge is 0.467 e. The summed E-state index contributed by atoms with van der Waals surface area (Å²) in [6.45, 7) is 0.200. The number of ketones is 1. The molecular formula is C17H14N4O4S3. The molecule has 2 aliphatic heterocycles. The van der Waals surface area contributed by atoms with Crippen LogP contribution in [0.2, 0.25) is 0 Å². The molecule has 2 aromatic rings. The van der Waals surface area contributed by atoms with Crippen molar-refractivity contribution in [3.63, 3.8) is 0 Å². The number of nitrogens with one attached hydrogen (secondary N) is 1. The van der Waals surface area contributed by atoms with Crippen LogP contribution in [0.25, 0.3) is 0 Å². The Morgan fingerprint density at radius 1 is 1.29 bits per heavy atom. The first-order valence-electron chi connectivity index (χ1n) is 8.25. The number of hydrogen-bond acceptors (Lipinski definition) is 9. The third kappa shape index (κ3) is 4.21. The van der Waals surface area contributed by atoms with Crippen LogP contribution in [0, 0.1) is 0 Å². The van der Waals surface area contributed by atoms with Gasteiger partial charge in [0.05, 0.1) is 28.7 Å². The fourth-order valence-corrected chi connectivity index (χ4v) is 4.98. The smallest absolute Gasteiger partial charge is 0.243 e. The number of amidine groups is 2. The fourth-order valence-electron chi connectivity index (χ4n) is 2.59. The quantitative estimate of drug-likeness (QED) is 0.553. The third-order valence-electron chi connectivity index (χ3n) is 3.89. The van der Waals surface area contributed by atoms with Crippen molar-refractivity contribution in [2.24, 2.45) is 10.2 Å². The first-order chi connectivity index (χ1) is 13.6. The minimum absolute atomic E-state index is 0.0787. The lowest BCUT2D eigenvalue weighted by Gasteiger charge is -2.13. The maximum Gasteiger partial charge on any atom is 0.243 e. The molecule has 28 heavy (non-hydrogen) atoms. The Hall–Kier alpha value is -2.37. The van der Waals surface area contributed by atoms with Crippen molar-refractivity contribution in [3.05, 3.63) is 46.5 Å². The number of hydrogen-bond donors (Lipinski definition) is 1. The highest BCUT2D eigenvalue weighted by Crippen LogP contribution is 2.32. The van der Waals surface area contributed by atoms with Gasteiger partial charge in [0.15, 0.2) is 16.1 Å². The van der Waals surface area contributed by atoms with Crippen LogP contribution in [0.4, 0.5) is 0 Å². The lowest BCUT2D eigenvalue weighted by Crippen LogP contribution is -2.32. The summed E-state index contributed by atoms with van der Waals surface area (Å²) in [5.41, 5.74) is 0. The van der Waals surface area contributed by atoms with Gasteiger partial charge in [-0.1, -0.05) is 29.6 Å². The minimum atomic E-state index is -0.575. The molecule has 2 fully saturated rings. The van der Waals surface area contributed by atoms with Crippen LogP contribution >= 0.6 is 34.9 Å². The van der Waals surface area contributed by atoms with Gasteiger partial charge in [-0.15, -0.1) is 21.5 Å². The highest BCUT2D eigenvalue weighted by molar-refractivity contribution is 8.15. The van der Waals surface area contributed by atoms with Gasteiger partial charge in [0.25, 0.3) is 0 Å². The molecule has 11 heteroatoms. The number of amides is 2. The van der Waals surface area contributed by atoms with Crippen molar-refractivity contribution >= 4 is 62.8 Å². The molecule has 2 amide bonds. The normalized spacial score (nSPS) is 22.4. The number of carbonyl (C=O) groups excluding carboxylic acids is 3. The molecule has 0 spiro atoms. The van der Waals surface area contributed by atoms with Gasteiger partial charge < -0.3 is 9.73 Å². The number of carbonyl (C=O) groups is 3. The van der Waals surface area contributed by atoms with Crippen molar-refractivity contribution in [2.45, 2.75) is 18.2 Å². The van der Waals surface area contributed by atoms with Crippen molar-refractivity contribution in [1.29, 1.82) is 0 Å². The van der Waals surface area contributed by atoms with Gasteiger partial charge in [-0.3, -0.25) is 19.3 Å². The minimum Gasteiger partial charge on any atom is -0.467 e. The number of nitrogens with zero attached hydrogens (tertiary/aromatic N) is 3. The Kier molecular flexibility index (Phi) is 5.64. The van der Waals surface area contributed by atoms with E-state index in [-0.39, 0.29) is 30.6 Å². The van der Waals surface area contributed by atoms with Gasteiger partial charge in [0.1, 0.15) is 5.76 Å². The first-order valence-corrected chi connectivity index (χ1v) is 11.0. The van der Waals surface area contributed by atoms with E-state index in [1.54, 1.807) is 24.3 Å². The Bertz CT molecular complexity index is 953. The van der Waals surface area contributed by atoms with Crippen LogP contribution in [-0.2, 0) is 16.1 Å². The molecule has 0 radical (unpaired) electrons. The molecule has 8 nitrogen and oxygen atoms in total. The number of rotatable bonds is 6. The van der Waals surface area contributed by atoms with Crippen molar-refractivity contribution in [2.75, 3.05) is 5.75 Å². The van der Waals surface area contributed by atoms with Gasteiger partial charge in [0.2, 0.25) is 11.8 Å². The van der Waals surface area contributed by atoms with Crippen LogP contribution in [0.5, 0.6) is 0 Å². The first kappa shape index (κ1) is 19.0. The second-order valence-electron chi connectivity index (χ2n) is 5.84. The summed E-state index contributed by atoms with van der Waals surface area (Å²) in [5.74, 6) is 0.469. The summed E-state index contributed by atoms with van der Waals surface area (Å²) in [6, 6.07) is 7.06. The maximum atomic E-state index is 12.9. The molecule has 0 saturated carbocycles. The lowest BCUT2D eigenvalue weighted by molar-refractivity contribution is -0.126. The van der Waals surface area contributed by atoms with Gasteiger partial charge in [-0.2, -0.15) is 0 Å². The zero-order chi connectivity index (χ0) is 19.5. The maximum absolute atomic E-state index is 12.9. The Balaban J connectivity index is 1.54. The van der Waals surface area contributed by atoms with E-state index in [1.807, 2.05) is 5.38 Å². The Morgan fingerprint density at radius 2 is 2.18 bits per heavy atom. The number of thiophene rings is 1. The van der Waals surface area contributed by atoms with Crippen LogP contribution in [0.3, 0.4) is 0 Å². The monoisotopic (exact) mass is 434 g/mol. The summed E-state index contributed by atoms with van der Waals surface area (Å²) in [5, 5.41) is 12.8. The van der Waals surface area contributed by atoms with Crippen molar-refractivity contribution in [3.8, 4) is 0 Å². The van der Waals surface area contributed by atoms with E-state index in [9.17, 15) is 14.4 Å². The average Bonchev–Trinajstić information content (AvgIpc) is 3.46. The number of furan rings is 1. The van der Waals surface area contributed by atoms with E-state index in [4.69, 9.17) is 4.42 Å². The van der Waals surface area contributed by atoms with Crippen molar-refractivity contribution in [1.82, 2.24) is 10.2 Å². The summed E-state index contributed by atoms with van der Waals surface area (Å²) in [7, 11) is 0. The molecule has 4 heterocycles. The Labute approximate surface area is 172 Å². The lowest BCUT2D eigenvalue weighted by atomic mass is 10.1. The van der Waals surface area contributed by atoms with E-state index in [2.05, 4.69) is 15.5 Å². The van der Waals surface area contributed by atoms with Crippen LogP contribution < -0.4 is 5.32 Å². The van der Waals surface area contributed by atoms with Crippen LogP contribution in [-0.4, -0.2) is 43.8 Å². The highest BCUT2D eigenvalue weighted by atomic mass is 32.2. The molecule has 0 aliphatic carbocycles. The molecule has 0 bridgehead atoms. The van der Waals surface area contributed by atoms with Gasteiger partial charge in [-0.05, 0) is 23.6 Å². The average molecular weight is 435 g/mol. The van der Waals surface area contributed by atoms with Gasteiger partial charge in [-0.25, -0.2) is 0 Å². The molecule has 1 atom stereocenters. The Morgan fingerprint density at radius 3 is 2.86 bits per heavy atom. The summed E-state index contributed by atoms with van der Waals surface area (Å²) < 4.78 is 5.34. The van der Waals surface area contributed by atoms with Gasteiger partial charge in [0, 0.05) is 6.42 Å². The highest BCUT2D eigenvalue weighted by Gasteiger charge is 2.40. The molecule has 2 saturated heterocycles. The molecule has 2 aliphatic rings. The topological polar surface area (TPSA) is 104 Å². The second-order valence-corrected chi connectivity index (χ2v) is 8.92. The molecule has 2 aromatic heterocycles. The molecule has 144 valence electrons. The van der Waals surface area contributed by atoms with Crippen molar-refractivity contribution < 1.29 is 18.8 Å². The predicted octanol–water partition coefficient (Wildman–Crippen LogP) is 2.55. The SMILES string of the molecule is O=C1CS/C(=N\N=C2/SC(CC(=O)c3cccs3)C(=O)N2Cc2ccco2)N1. The third-order valence-corrected chi connectivity index (χ3v) is 6.83. The fraction of sp³-hybridized carbons (Fsp3) is 0.235. The van der Waals surface area contributed by atoms with E-state index in [1.165, 1.54) is 46.0 Å². The molecular weight excluding hydrogens is 420 g/mol. The molecule has 0 aromatic carbocycles. The predicted molar refractivity (Wildman–Crippen MR) is 109 cm³/mol. The number of thioether (sulfide) groups is 2. The van der Waals surface area contributed by atoms with E-state index >= 15 is 0 Å². The molecule has 1 N–H and O–H groups in total. The number of Topliss-reactive ketones (excluding diaryl/α,β-unsaturated/α-hetero) is 1. The van der Waals surface area contributed by atoms with Crippen LogP contribution in [0.1, 0.15) is 21.9 Å². The zero-order valence-electron chi connectivity index (χ0n) is 14.4. The molecule has 1 unspecified atom stereocenters. The molecule has 4 rings (SSSR count). The summed E-state index contributed by atoms with van der Waals surface area (Å²) >= 11 is 3.80.